The summed E-state index contributed by atoms with van der Waals surface area (Å²) in [5.74, 6) is -1.78. The minimum absolute atomic E-state index is 0.00857. The predicted molar refractivity (Wildman–Crippen MR) is 81.9 cm³/mol. The molecular formula is C17H15F3N2O3. The Morgan fingerprint density at radius 1 is 1.36 bits per heavy atom. The fourth-order valence-corrected chi connectivity index (χ4v) is 2.85. The monoisotopic (exact) mass is 352 g/mol. The van der Waals surface area contributed by atoms with Gasteiger partial charge in [0.05, 0.1) is 5.69 Å². The smallest absolute Gasteiger partial charge is 0.387 e. The molecule has 0 saturated carbocycles. The lowest BCUT2D eigenvalue weighted by Crippen LogP contribution is -2.35. The molecule has 0 saturated heterocycles. The van der Waals surface area contributed by atoms with Crippen molar-refractivity contribution in [1.82, 2.24) is 9.88 Å². The van der Waals surface area contributed by atoms with Crippen molar-refractivity contribution in [3.63, 3.8) is 0 Å². The van der Waals surface area contributed by atoms with Gasteiger partial charge in [-0.3, -0.25) is 9.59 Å². The third-order valence-corrected chi connectivity index (χ3v) is 4.03. The van der Waals surface area contributed by atoms with Gasteiger partial charge in [0.25, 0.3) is 0 Å². The van der Waals surface area contributed by atoms with E-state index in [9.17, 15) is 22.8 Å². The summed E-state index contributed by atoms with van der Waals surface area (Å²) in [4.78, 5) is 24.2. The molecule has 2 aromatic rings. The molecule has 1 atom stereocenters. The summed E-state index contributed by atoms with van der Waals surface area (Å²) in [5, 5.41) is 2.67. The minimum Gasteiger partial charge on any atom is -0.432 e. The number of halogens is 3. The standard InChI is InChI=1S/C17H15F3N2O3/c18-11-8-10(3-6-15(11)25-17(19)20)9-21-16(24)13-4-5-14(23)12-2-1-7-22(12)13/h1-3,6-8,13,17H,4-5,9H2,(H,21,24). The number of alkyl halides is 2. The van der Waals surface area contributed by atoms with E-state index in [2.05, 4.69) is 10.1 Å². The zero-order valence-electron chi connectivity index (χ0n) is 13.0. The first-order valence-corrected chi connectivity index (χ1v) is 7.66. The average Bonchev–Trinajstić information content (AvgIpc) is 3.05. The molecule has 132 valence electrons. The van der Waals surface area contributed by atoms with Crippen molar-refractivity contribution in [2.75, 3.05) is 0 Å². The molecule has 25 heavy (non-hydrogen) atoms. The summed E-state index contributed by atoms with van der Waals surface area (Å²) in [6.07, 6.45) is 2.35. The molecule has 0 radical (unpaired) electrons. The van der Waals surface area contributed by atoms with E-state index in [0.717, 1.165) is 12.1 Å². The maximum Gasteiger partial charge on any atom is 0.387 e. The van der Waals surface area contributed by atoms with Crippen molar-refractivity contribution >= 4 is 11.7 Å². The number of nitrogens with zero attached hydrogens (tertiary/aromatic N) is 1. The molecule has 0 spiro atoms. The summed E-state index contributed by atoms with van der Waals surface area (Å²) in [7, 11) is 0. The second-order valence-electron chi connectivity index (χ2n) is 5.64. The molecule has 5 nitrogen and oxygen atoms in total. The van der Waals surface area contributed by atoms with Crippen LogP contribution in [0.2, 0.25) is 0 Å². The van der Waals surface area contributed by atoms with Crippen LogP contribution in [0.3, 0.4) is 0 Å². The lowest BCUT2D eigenvalue weighted by molar-refractivity contribution is -0.124. The Hall–Kier alpha value is -2.77. The quantitative estimate of drug-likeness (QED) is 0.900. The number of benzene rings is 1. The molecule has 1 aromatic heterocycles. The number of ketones is 1. The lowest BCUT2D eigenvalue weighted by atomic mass is 10.0. The van der Waals surface area contributed by atoms with Crippen molar-refractivity contribution in [3.05, 3.63) is 53.6 Å². The zero-order valence-corrected chi connectivity index (χ0v) is 13.0. The number of hydrogen-bond acceptors (Lipinski definition) is 3. The van der Waals surface area contributed by atoms with Gasteiger partial charge in [-0.15, -0.1) is 0 Å². The second kappa shape index (κ2) is 7.00. The molecule has 1 aliphatic rings. The molecule has 1 N–H and O–H groups in total. The van der Waals surface area contributed by atoms with E-state index in [1.54, 1.807) is 22.9 Å². The third-order valence-electron chi connectivity index (χ3n) is 4.03. The van der Waals surface area contributed by atoms with E-state index in [0.29, 0.717) is 17.7 Å². The van der Waals surface area contributed by atoms with Crippen LogP contribution >= 0.6 is 0 Å². The summed E-state index contributed by atoms with van der Waals surface area (Å²) in [6, 6.07) is 6.38. The van der Waals surface area contributed by atoms with E-state index < -0.39 is 24.2 Å². The number of hydrogen-bond donors (Lipinski definition) is 1. The topological polar surface area (TPSA) is 60.3 Å². The highest BCUT2D eigenvalue weighted by Gasteiger charge is 2.29. The van der Waals surface area contributed by atoms with Gasteiger partial charge in [0.1, 0.15) is 6.04 Å². The Bertz CT molecular complexity index is 804. The summed E-state index contributed by atoms with van der Waals surface area (Å²) < 4.78 is 43.6. The Morgan fingerprint density at radius 3 is 2.88 bits per heavy atom. The van der Waals surface area contributed by atoms with E-state index in [4.69, 9.17) is 0 Å². The molecule has 1 unspecified atom stereocenters. The molecule has 0 aliphatic carbocycles. The number of nitrogens with one attached hydrogen (secondary N) is 1. The van der Waals surface area contributed by atoms with Crippen LogP contribution in [0.15, 0.2) is 36.5 Å². The fourth-order valence-electron chi connectivity index (χ4n) is 2.85. The number of amides is 1. The number of fused-ring (bicyclic) bond motifs is 1. The van der Waals surface area contributed by atoms with Crippen LogP contribution in [-0.4, -0.2) is 22.9 Å². The van der Waals surface area contributed by atoms with Gasteiger partial charge in [-0.25, -0.2) is 4.39 Å². The van der Waals surface area contributed by atoms with Crippen molar-refractivity contribution in [3.8, 4) is 5.75 Å². The maximum absolute atomic E-state index is 13.7. The first-order valence-electron chi connectivity index (χ1n) is 7.66. The predicted octanol–water partition coefficient (Wildman–Crippen LogP) is 3.06. The molecule has 2 heterocycles. The Kier molecular flexibility index (Phi) is 4.78. The van der Waals surface area contributed by atoms with Gasteiger partial charge in [0.2, 0.25) is 5.91 Å². The van der Waals surface area contributed by atoms with Crippen molar-refractivity contribution in [2.24, 2.45) is 0 Å². The van der Waals surface area contributed by atoms with Gasteiger partial charge < -0.3 is 14.6 Å². The molecular weight excluding hydrogens is 337 g/mol. The Labute approximate surface area is 141 Å². The zero-order chi connectivity index (χ0) is 18.0. The molecule has 0 fully saturated rings. The first kappa shape index (κ1) is 17.1. The maximum atomic E-state index is 13.7. The number of carbonyl (C=O) groups excluding carboxylic acids is 2. The van der Waals surface area contributed by atoms with Gasteiger partial charge in [-0.2, -0.15) is 8.78 Å². The summed E-state index contributed by atoms with van der Waals surface area (Å²) >= 11 is 0. The van der Waals surface area contributed by atoms with Crippen molar-refractivity contribution in [2.45, 2.75) is 32.0 Å². The SMILES string of the molecule is O=C1CCC(C(=O)NCc2ccc(OC(F)F)c(F)c2)n2cccc21. The van der Waals surface area contributed by atoms with E-state index in [1.807, 2.05) is 0 Å². The van der Waals surface area contributed by atoms with E-state index in [-0.39, 0.29) is 24.7 Å². The van der Waals surface area contributed by atoms with Gasteiger partial charge in [-0.1, -0.05) is 6.07 Å². The number of Topliss-reactive ketones (excluding diaryl/α,β-unsaturated/α-hetero) is 1. The lowest BCUT2D eigenvalue weighted by Gasteiger charge is -2.24. The Balaban J connectivity index is 1.64. The molecule has 1 aromatic carbocycles. The fraction of sp³-hybridized carbons (Fsp3) is 0.294. The van der Waals surface area contributed by atoms with E-state index >= 15 is 0 Å². The van der Waals surface area contributed by atoms with Crippen LogP contribution in [0.25, 0.3) is 0 Å². The minimum atomic E-state index is -3.11. The van der Waals surface area contributed by atoms with Crippen LogP contribution < -0.4 is 10.1 Å². The number of carbonyl (C=O) groups is 2. The largest absolute Gasteiger partial charge is 0.432 e. The second-order valence-corrected chi connectivity index (χ2v) is 5.64. The van der Waals surface area contributed by atoms with Gasteiger partial charge in [0.15, 0.2) is 17.3 Å². The van der Waals surface area contributed by atoms with Crippen molar-refractivity contribution in [1.29, 1.82) is 0 Å². The Morgan fingerprint density at radius 2 is 2.16 bits per heavy atom. The number of aromatic nitrogens is 1. The summed E-state index contributed by atoms with van der Waals surface area (Å²) in [5.41, 5.74) is 0.901. The average molecular weight is 352 g/mol. The molecule has 0 bridgehead atoms. The molecule has 3 rings (SSSR count). The number of rotatable bonds is 5. The molecule has 1 amide bonds. The third kappa shape index (κ3) is 3.67. The molecule has 8 heteroatoms. The van der Waals surface area contributed by atoms with Crippen LogP contribution in [0.4, 0.5) is 13.2 Å². The highest BCUT2D eigenvalue weighted by molar-refractivity contribution is 5.97. The van der Waals surface area contributed by atoms with Crippen molar-refractivity contribution < 1.29 is 27.5 Å². The van der Waals surface area contributed by atoms with Gasteiger partial charge >= 0.3 is 6.61 Å². The van der Waals surface area contributed by atoms with Gasteiger partial charge in [-0.05, 0) is 36.2 Å². The van der Waals surface area contributed by atoms with Crippen LogP contribution in [0.1, 0.15) is 34.9 Å². The first-order chi connectivity index (χ1) is 12.0. The van der Waals surface area contributed by atoms with E-state index in [1.165, 1.54) is 6.07 Å². The van der Waals surface area contributed by atoms with Crippen LogP contribution in [0, 0.1) is 5.82 Å². The summed E-state index contributed by atoms with van der Waals surface area (Å²) in [6.45, 7) is -3.07. The highest BCUT2D eigenvalue weighted by atomic mass is 19.3. The highest BCUT2D eigenvalue weighted by Crippen LogP contribution is 2.26. The van der Waals surface area contributed by atoms with Crippen LogP contribution in [-0.2, 0) is 11.3 Å². The number of ether oxygens (including phenoxy) is 1. The van der Waals surface area contributed by atoms with Crippen LogP contribution in [0.5, 0.6) is 5.75 Å². The normalized spacial score (nSPS) is 16.6. The molecule has 1 aliphatic heterocycles. The van der Waals surface area contributed by atoms with Gasteiger partial charge in [0, 0.05) is 19.2 Å².